The Morgan fingerprint density at radius 2 is 2.00 bits per heavy atom. The van der Waals surface area contributed by atoms with Crippen molar-refractivity contribution in [2.75, 3.05) is 37.7 Å². The quantitative estimate of drug-likeness (QED) is 0.720. The van der Waals surface area contributed by atoms with Crippen LogP contribution in [0.4, 0.5) is 5.82 Å². The lowest BCUT2D eigenvalue weighted by Crippen LogP contribution is -2.46. The largest absolute Gasteiger partial charge is 0.371 e. The lowest BCUT2D eigenvalue weighted by atomic mass is 10.3. The van der Waals surface area contributed by atoms with E-state index in [9.17, 15) is 0 Å². The fourth-order valence-electron chi connectivity index (χ4n) is 2.83. The van der Waals surface area contributed by atoms with Gasteiger partial charge in [0.25, 0.3) is 0 Å². The Morgan fingerprint density at radius 1 is 1.24 bits per heavy atom. The van der Waals surface area contributed by atoms with Crippen molar-refractivity contribution in [1.82, 2.24) is 25.0 Å². The van der Waals surface area contributed by atoms with Crippen molar-refractivity contribution in [2.45, 2.75) is 33.4 Å². The van der Waals surface area contributed by atoms with Crippen LogP contribution in [0.2, 0.25) is 5.15 Å². The summed E-state index contributed by atoms with van der Waals surface area (Å²) in [5, 5.41) is 4.48. The number of hydrogen-bond acceptors (Lipinski definition) is 8. The van der Waals surface area contributed by atoms with E-state index < -0.39 is 0 Å². The van der Waals surface area contributed by atoms with Crippen LogP contribution in [-0.4, -0.2) is 57.8 Å². The van der Waals surface area contributed by atoms with Gasteiger partial charge in [-0.25, -0.2) is 9.97 Å². The molecule has 1 unspecified atom stereocenters. The highest BCUT2D eigenvalue weighted by molar-refractivity contribution is 6.29. The molecule has 2 aromatic heterocycles. The molecule has 0 spiro atoms. The van der Waals surface area contributed by atoms with E-state index in [4.69, 9.17) is 20.9 Å². The van der Waals surface area contributed by atoms with Gasteiger partial charge in [0.05, 0.1) is 6.54 Å². The van der Waals surface area contributed by atoms with E-state index in [2.05, 4.69) is 29.9 Å². The average Bonchev–Trinajstić information content (AvgIpc) is 3.03. The number of halogens is 1. The minimum atomic E-state index is -0.148. The summed E-state index contributed by atoms with van der Waals surface area (Å²) in [6, 6.07) is 1.81. The molecule has 1 aliphatic rings. The van der Waals surface area contributed by atoms with Gasteiger partial charge >= 0.3 is 0 Å². The van der Waals surface area contributed by atoms with E-state index >= 15 is 0 Å². The number of ether oxygens (including phenoxy) is 1. The van der Waals surface area contributed by atoms with Gasteiger partial charge in [0.1, 0.15) is 22.9 Å². The predicted octanol–water partition coefficient (Wildman–Crippen LogP) is 2.24. The van der Waals surface area contributed by atoms with E-state index in [-0.39, 0.29) is 6.10 Å². The number of piperazine rings is 1. The van der Waals surface area contributed by atoms with Crippen LogP contribution in [0.5, 0.6) is 0 Å². The Kier molecular flexibility index (Phi) is 5.82. The Bertz CT molecular complexity index is 681. The highest BCUT2D eigenvalue weighted by Crippen LogP contribution is 2.19. The smallest absolute Gasteiger partial charge is 0.240 e. The second-order valence-corrected chi connectivity index (χ2v) is 6.39. The molecule has 0 saturated carbocycles. The number of hydrogen-bond donors (Lipinski definition) is 0. The first kappa shape index (κ1) is 18.0. The van der Waals surface area contributed by atoms with Crippen molar-refractivity contribution in [2.24, 2.45) is 0 Å². The van der Waals surface area contributed by atoms with E-state index in [1.54, 1.807) is 0 Å². The molecule has 1 fully saturated rings. The molecule has 0 bridgehead atoms. The van der Waals surface area contributed by atoms with Crippen molar-refractivity contribution in [3.05, 3.63) is 28.8 Å². The molecule has 0 radical (unpaired) electrons. The molecule has 0 N–H and O–H groups in total. The first-order valence-electron chi connectivity index (χ1n) is 8.47. The molecule has 2 aromatic rings. The first-order chi connectivity index (χ1) is 12.0. The van der Waals surface area contributed by atoms with Crippen LogP contribution >= 0.6 is 11.6 Å². The number of anilines is 1. The predicted molar refractivity (Wildman–Crippen MR) is 93.6 cm³/mol. The maximum atomic E-state index is 6.03. The third-order valence-electron chi connectivity index (χ3n) is 4.11. The van der Waals surface area contributed by atoms with Crippen LogP contribution in [-0.2, 0) is 11.3 Å². The lowest BCUT2D eigenvalue weighted by Gasteiger charge is -2.34. The normalized spacial score (nSPS) is 17.0. The van der Waals surface area contributed by atoms with Crippen molar-refractivity contribution >= 4 is 17.4 Å². The Hall–Kier alpha value is -1.77. The van der Waals surface area contributed by atoms with Gasteiger partial charge in [0, 0.05) is 38.9 Å². The van der Waals surface area contributed by atoms with Crippen LogP contribution < -0.4 is 4.90 Å². The van der Waals surface area contributed by atoms with Crippen molar-refractivity contribution < 1.29 is 9.26 Å². The second kappa shape index (κ2) is 8.07. The molecule has 1 aliphatic heterocycles. The number of rotatable bonds is 6. The molecular formula is C16H23ClN6O2. The Balaban J connectivity index is 1.54. The number of nitrogens with zero attached hydrogens (tertiary/aromatic N) is 6. The van der Waals surface area contributed by atoms with Gasteiger partial charge < -0.3 is 14.2 Å². The van der Waals surface area contributed by atoms with Gasteiger partial charge in [-0.05, 0) is 20.8 Å². The zero-order valence-corrected chi connectivity index (χ0v) is 15.5. The average molecular weight is 367 g/mol. The van der Waals surface area contributed by atoms with E-state index in [1.165, 1.54) is 0 Å². The highest BCUT2D eigenvalue weighted by atomic mass is 35.5. The molecule has 3 heterocycles. The van der Waals surface area contributed by atoms with Crippen LogP contribution in [0.25, 0.3) is 0 Å². The minimum Gasteiger partial charge on any atom is -0.371 e. The molecule has 8 nitrogen and oxygen atoms in total. The van der Waals surface area contributed by atoms with Crippen LogP contribution in [0.3, 0.4) is 0 Å². The molecule has 0 aliphatic carbocycles. The van der Waals surface area contributed by atoms with Gasteiger partial charge in [-0.1, -0.05) is 16.8 Å². The SMILES string of the molecule is CCOC(C)c1noc(CN2CCN(c3cc(Cl)nc(C)n3)CC2)n1. The van der Waals surface area contributed by atoms with Gasteiger partial charge in [-0.3, -0.25) is 4.90 Å². The molecular weight excluding hydrogens is 344 g/mol. The summed E-state index contributed by atoms with van der Waals surface area (Å²) in [5.41, 5.74) is 0. The fraction of sp³-hybridized carbons (Fsp3) is 0.625. The zero-order valence-electron chi connectivity index (χ0n) is 14.8. The monoisotopic (exact) mass is 366 g/mol. The van der Waals surface area contributed by atoms with E-state index in [0.29, 0.717) is 35.8 Å². The minimum absolute atomic E-state index is 0.148. The third kappa shape index (κ3) is 4.65. The summed E-state index contributed by atoms with van der Waals surface area (Å²) in [7, 11) is 0. The molecule has 9 heteroatoms. The van der Waals surface area contributed by atoms with Crippen molar-refractivity contribution in [1.29, 1.82) is 0 Å². The molecule has 0 aromatic carbocycles. The summed E-state index contributed by atoms with van der Waals surface area (Å²) in [5.74, 6) is 2.78. The van der Waals surface area contributed by atoms with Crippen molar-refractivity contribution in [3.8, 4) is 0 Å². The summed E-state index contributed by atoms with van der Waals surface area (Å²) in [4.78, 5) is 17.5. The van der Waals surface area contributed by atoms with Crippen molar-refractivity contribution in [3.63, 3.8) is 0 Å². The molecule has 1 saturated heterocycles. The Labute approximate surface area is 152 Å². The summed E-state index contributed by atoms with van der Waals surface area (Å²) >= 11 is 6.03. The van der Waals surface area contributed by atoms with Gasteiger partial charge in [0.2, 0.25) is 5.89 Å². The van der Waals surface area contributed by atoms with Crippen LogP contribution in [0.15, 0.2) is 10.6 Å². The molecule has 136 valence electrons. The van der Waals surface area contributed by atoms with Gasteiger partial charge in [-0.2, -0.15) is 4.98 Å². The van der Waals surface area contributed by atoms with Gasteiger partial charge in [-0.15, -0.1) is 0 Å². The highest BCUT2D eigenvalue weighted by Gasteiger charge is 2.21. The third-order valence-corrected chi connectivity index (χ3v) is 4.31. The zero-order chi connectivity index (χ0) is 17.8. The summed E-state index contributed by atoms with van der Waals surface area (Å²) < 4.78 is 10.8. The van der Waals surface area contributed by atoms with E-state index in [1.807, 2.05) is 26.8 Å². The maximum Gasteiger partial charge on any atom is 0.240 e. The lowest BCUT2D eigenvalue weighted by molar-refractivity contribution is 0.0683. The van der Waals surface area contributed by atoms with Crippen LogP contribution in [0, 0.1) is 6.92 Å². The number of aromatic nitrogens is 4. The van der Waals surface area contributed by atoms with Crippen LogP contribution in [0.1, 0.15) is 37.5 Å². The fourth-order valence-corrected chi connectivity index (χ4v) is 3.05. The standard InChI is InChI=1S/C16H23ClN6O2/c1-4-24-11(2)16-20-15(25-21-16)10-22-5-7-23(8-6-22)14-9-13(17)18-12(3)19-14/h9,11H,4-8,10H2,1-3H3. The first-order valence-corrected chi connectivity index (χ1v) is 8.85. The topological polar surface area (TPSA) is 80.4 Å². The number of aryl methyl sites for hydroxylation is 1. The molecule has 25 heavy (non-hydrogen) atoms. The molecule has 0 amide bonds. The molecule has 1 atom stereocenters. The second-order valence-electron chi connectivity index (χ2n) is 6.00. The summed E-state index contributed by atoms with van der Waals surface area (Å²) in [6.45, 7) is 10.5. The van der Waals surface area contributed by atoms with E-state index in [0.717, 1.165) is 32.0 Å². The maximum absolute atomic E-state index is 6.03. The summed E-state index contributed by atoms with van der Waals surface area (Å²) in [6.07, 6.45) is -0.148. The molecule has 3 rings (SSSR count). The van der Waals surface area contributed by atoms with Gasteiger partial charge in [0.15, 0.2) is 5.82 Å². The Morgan fingerprint density at radius 3 is 2.68 bits per heavy atom.